The summed E-state index contributed by atoms with van der Waals surface area (Å²) in [5.41, 5.74) is 2.14. The van der Waals surface area contributed by atoms with Crippen LogP contribution in [-0.4, -0.2) is 37.7 Å². The standard InChI is InChI=1S/C23H28N2O4/c1-3-28-21-10-6-5-9-20(21)23(27)29-17(2)22(26)24-18-11-13-19(14-12-18)25-15-7-4-8-16-25/h5-6,9-14,17H,3-4,7-8,15-16H2,1-2H3,(H,24,26)/t17-/m0/s1. The van der Waals surface area contributed by atoms with Crippen molar-refractivity contribution in [3.63, 3.8) is 0 Å². The molecule has 3 rings (SSSR count). The van der Waals surface area contributed by atoms with Gasteiger partial charge in [-0.05, 0) is 69.5 Å². The molecule has 2 aromatic carbocycles. The van der Waals surface area contributed by atoms with Crippen molar-refractivity contribution in [3.8, 4) is 5.75 Å². The number of esters is 1. The number of rotatable bonds is 7. The molecule has 1 atom stereocenters. The molecular weight excluding hydrogens is 368 g/mol. The average molecular weight is 396 g/mol. The molecule has 1 aliphatic rings. The van der Waals surface area contributed by atoms with Crippen LogP contribution in [0.4, 0.5) is 11.4 Å². The number of piperidine rings is 1. The molecule has 6 nitrogen and oxygen atoms in total. The number of hydrogen-bond acceptors (Lipinski definition) is 5. The SMILES string of the molecule is CCOc1ccccc1C(=O)O[C@@H](C)C(=O)Nc1ccc(N2CCCCC2)cc1. The molecule has 1 aliphatic heterocycles. The van der Waals surface area contributed by atoms with E-state index in [-0.39, 0.29) is 5.91 Å². The van der Waals surface area contributed by atoms with Crippen LogP contribution in [0.1, 0.15) is 43.5 Å². The molecule has 154 valence electrons. The highest BCUT2D eigenvalue weighted by Gasteiger charge is 2.21. The number of carbonyl (C=O) groups is 2. The first-order chi connectivity index (χ1) is 14.1. The summed E-state index contributed by atoms with van der Waals surface area (Å²) in [4.78, 5) is 27.2. The van der Waals surface area contributed by atoms with Gasteiger partial charge in [0, 0.05) is 24.5 Å². The zero-order chi connectivity index (χ0) is 20.6. The van der Waals surface area contributed by atoms with Crippen molar-refractivity contribution in [2.24, 2.45) is 0 Å². The maximum atomic E-state index is 12.4. The fraction of sp³-hybridized carbons (Fsp3) is 0.391. The molecule has 1 heterocycles. The van der Waals surface area contributed by atoms with Gasteiger partial charge < -0.3 is 19.7 Å². The van der Waals surface area contributed by atoms with Crippen molar-refractivity contribution in [2.75, 3.05) is 29.9 Å². The molecule has 1 N–H and O–H groups in total. The summed E-state index contributed by atoms with van der Waals surface area (Å²) < 4.78 is 10.8. The number of benzene rings is 2. The fourth-order valence-electron chi connectivity index (χ4n) is 3.35. The van der Waals surface area contributed by atoms with Gasteiger partial charge in [0.15, 0.2) is 6.10 Å². The lowest BCUT2D eigenvalue weighted by atomic mass is 10.1. The van der Waals surface area contributed by atoms with Gasteiger partial charge in [0.25, 0.3) is 5.91 Å². The molecule has 0 unspecified atom stereocenters. The quantitative estimate of drug-likeness (QED) is 0.709. The summed E-state index contributed by atoms with van der Waals surface area (Å²) >= 11 is 0. The number of ether oxygens (including phenoxy) is 2. The number of anilines is 2. The molecule has 1 saturated heterocycles. The normalized spacial score (nSPS) is 14.8. The Labute approximate surface area is 171 Å². The number of para-hydroxylation sites is 1. The first-order valence-corrected chi connectivity index (χ1v) is 10.2. The number of nitrogens with zero attached hydrogens (tertiary/aromatic N) is 1. The van der Waals surface area contributed by atoms with Gasteiger partial charge in [0.2, 0.25) is 0 Å². The lowest BCUT2D eigenvalue weighted by Gasteiger charge is -2.28. The third kappa shape index (κ3) is 5.50. The highest BCUT2D eigenvalue weighted by molar-refractivity contribution is 5.98. The van der Waals surface area contributed by atoms with Crippen molar-refractivity contribution >= 4 is 23.3 Å². The van der Waals surface area contributed by atoms with Crippen LogP contribution in [0, 0.1) is 0 Å². The van der Waals surface area contributed by atoms with Crippen LogP contribution in [-0.2, 0) is 9.53 Å². The van der Waals surface area contributed by atoms with Gasteiger partial charge in [-0.2, -0.15) is 0 Å². The molecule has 0 saturated carbocycles. The largest absolute Gasteiger partial charge is 0.493 e. The first-order valence-electron chi connectivity index (χ1n) is 10.2. The second-order valence-corrected chi connectivity index (χ2v) is 7.06. The Bertz CT molecular complexity index is 829. The first kappa shape index (κ1) is 20.7. The third-order valence-electron chi connectivity index (χ3n) is 4.92. The Morgan fingerprint density at radius 3 is 2.41 bits per heavy atom. The number of nitrogens with one attached hydrogen (secondary N) is 1. The summed E-state index contributed by atoms with van der Waals surface area (Å²) in [7, 11) is 0. The Morgan fingerprint density at radius 1 is 1.03 bits per heavy atom. The van der Waals surface area contributed by atoms with Gasteiger partial charge in [-0.25, -0.2) is 4.79 Å². The number of carbonyl (C=O) groups excluding carboxylic acids is 2. The maximum absolute atomic E-state index is 12.4. The van der Waals surface area contributed by atoms with Crippen LogP contribution >= 0.6 is 0 Å². The highest BCUT2D eigenvalue weighted by atomic mass is 16.5. The van der Waals surface area contributed by atoms with Gasteiger partial charge >= 0.3 is 5.97 Å². The van der Waals surface area contributed by atoms with Gasteiger partial charge in [0.1, 0.15) is 11.3 Å². The van der Waals surface area contributed by atoms with E-state index in [1.165, 1.54) is 19.3 Å². The zero-order valence-corrected chi connectivity index (χ0v) is 17.0. The van der Waals surface area contributed by atoms with E-state index in [9.17, 15) is 9.59 Å². The van der Waals surface area contributed by atoms with Gasteiger partial charge in [-0.1, -0.05) is 12.1 Å². The molecule has 29 heavy (non-hydrogen) atoms. The zero-order valence-electron chi connectivity index (χ0n) is 17.0. The van der Waals surface area contributed by atoms with E-state index in [1.807, 2.05) is 31.2 Å². The van der Waals surface area contributed by atoms with Gasteiger partial charge in [0.05, 0.1) is 6.61 Å². The minimum absolute atomic E-state index is 0.305. The Kier molecular flexibility index (Phi) is 7.11. The molecule has 0 aliphatic carbocycles. The highest BCUT2D eigenvalue weighted by Crippen LogP contribution is 2.22. The van der Waals surface area contributed by atoms with Crippen LogP contribution in [0.15, 0.2) is 48.5 Å². The molecule has 1 amide bonds. The van der Waals surface area contributed by atoms with Crippen LogP contribution in [0.5, 0.6) is 5.75 Å². The predicted molar refractivity (Wildman–Crippen MR) is 114 cm³/mol. The topological polar surface area (TPSA) is 67.9 Å². The van der Waals surface area contributed by atoms with Crippen molar-refractivity contribution in [1.29, 1.82) is 0 Å². The van der Waals surface area contributed by atoms with Crippen molar-refractivity contribution in [1.82, 2.24) is 0 Å². The minimum atomic E-state index is -0.932. The Balaban J connectivity index is 1.57. The van der Waals surface area contributed by atoms with Gasteiger partial charge in [-0.15, -0.1) is 0 Å². The van der Waals surface area contributed by atoms with E-state index in [4.69, 9.17) is 9.47 Å². The molecule has 0 radical (unpaired) electrons. The molecular formula is C23H28N2O4. The van der Waals surface area contributed by atoms with Crippen molar-refractivity contribution in [2.45, 2.75) is 39.2 Å². The Morgan fingerprint density at radius 2 is 1.72 bits per heavy atom. The second-order valence-electron chi connectivity index (χ2n) is 7.06. The molecule has 1 fully saturated rings. The summed E-state index contributed by atoms with van der Waals surface area (Å²) in [6, 6.07) is 14.6. The smallest absolute Gasteiger partial charge is 0.342 e. The summed E-state index contributed by atoms with van der Waals surface area (Å²) in [6.45, 7) is 5.98. The predicted octanol–water partition coefficient (Wildman–Crippen LogP) is 4.26. The van der Waals surface area contributed by atoms with E-state index in [1.54, 1.807) is 31.2 Å². The van der Waals surface area contributed by atoms with E-state index in [0.717, 1.165) is 18.8 Å². The number of amides is 1. The monoisotopic (exact) mass is 396 g/mol. The van der Waals surface area contributed by atoms with E-state index < -0.39 is 12.1 Å². The van der Waals surface area contributed by atoms with Crippen LogP contribution in [0.25, 0.3) is 0 Å². The summed E-state index contributed by atoms with van der Waals surface area (Å²) in [5.74, 6) is -0.518. The van der Waals surface area contributed by atoms with E-state index in [2.05, 4.69) is 10.2 Å². The van der Waals surface area contributed by atoms with Crippen molar-refractivity contribution in [3.05, 3.63) is 54.1 Å². The van der Waals surface area contributed by atoms with Crippen LogP contribution in [0.3, 0.4) is 0 Å². The molecule has 0 aromatic heterocycles. The van der Waals surface area contributed by atoms with Crippen molar-refractivity contribution < 1.29 is 19.1 Å². The molecule has 0 bridgehead atoms. The second kappa shape index (κ2) is 9.96. The fourth-order valence-corrected chi connectivity index (χ4v) is 3.35. The average Bonchev–Trinajstić information content (AvgIpc) is 2.75. The maximum Gasteiger partial charge on any atom is 0.342 e. The molecule has 2 aromatic rings. The van der Waals surface area contributed by atoms with E-state index >= 15 is 0 Å². The van der Waals surface area contributed by atoms with Crippen LogP contribution in [0.2, 0.25) is 0 Å². The summed E-state index contributed by atoms with van der Waals surface area (Å²) in [6.07, 6.45) is 2.79. The Hall–Kier alpha value is -3.02. The summed E-state index contributed by atoms with van der Waals surface area (Å²) in [5, 5.41) is 2.80. The van der Waals surface area contributed by atoms with Gasteiger partial charge in [-0.3, -0.25) is 4.79 Å². The van der Waals surface area contributed by atoms with E-state index in [0.29, 0.717) is 23.6 Å². The third-order valence-corrected chi connectivity index (χ3v) is 4.92. The van der Waals surface area contributed by atoms with Crippen LogP contribution < -0.4 is 15.0 Å². The lowest BCUT2D eigenvalue weighted by Crippen LogP contribution is -2.30. The minimum Gasteiger partial charge on any atom is -0.493 e. The molecule has 0 spiro atoms. The lowest BCUT2D eigenvalue weighted by molar-refractivity contribution is -0.123. The molecule has 6 heteroatoms. The number of hydrogen-bond donors (Lipinski definition) is 1.